The number of halogens is 1. The van der Waals surface area contributed by atoms with Crippen molar-refractivity contribution < 1.29 is 13.6 Å². The molecule has 3 aromatic rings. The minimum absolute atomic E-state index is 0.0551. The number of hydrogen-bond donors (Lipinski definition) is 0. The Morgan fingerprint density at radius 1 is 1.21 bits per heavy atom. The van der Waals surface area contributed by atoms with E-state index < -0.39 is 0 Å². The highest BCUT2D eigenvalue weighted by Gasteiger charge is 2.36. The zero-order valence-electron chi connectivity index (χ0n) is 15.7. The van der Waals surface area contributed by atoms with Crippen LogP contribution in [0.5, 0.6) is 0 Å². The van der Waals surface area contributed by atoms with Gasteiger partial charge in [0, 0.05) is 30.6 Å². The summed E-state index contributed by atoms with van der Waals surface area (Å²) in [6.45, 7) is 2.02. The van der Waals surface area contributed by atoms with Gasteiger partial charge in [-0.25, -0.2) is 9.37 Å². The molecule has 1 aromatic carbocycles. The highest BCUT2D eigenvalue weighted by Crippen LogP contribution is 2.34. The molecule has 2 heterocycles. The third kappa shape index (κ3) is 4.11. The van der Waals surface area contributed by atoms with Crippen LogP contribution in [0.25, 0.3) is 11.3 Å². The normalized spacial score (nSPS) is 14.6. The average Bonchev–Trinajstić information content (AvgIpc) is 3.44. The van der Waals surface area contributed by atoms with E-state index in [9.17, 15) is 9.18 Å². The number of oxazole rings is 1. The molecular weight excluding hydrogens is 357 g/mol. The van der Waals surface area contributed by atoms with Crippen molar-refractivity contribution in [3.05, 3.63) is 72.3 Å². The average molecular weight is 379 g/mol. The van der Waals surface area contributed by atoms with E-state index in [1.54, 1.807) is 24.5 Å². The van der Waals surface area contributed by atoms with E-state index in [1.807, 2.05) is 30.0 Å². The topological polar surface area (TPSA) is 59.2 Å². The summed E-state index contributed by atoms with van der Waals surface area (Å²) in [6.07, 6.45) is 6.20. The van der Waals surface area contributed by atoms with Crippen molar-refractivity contribution in [2.24, 2.45) is 0 Å². The fourth-order valence-electron chi connectivity index (χ4n) is 3.37. The zero-order valence-corrected chi connectivity index (χ0v) is 15.7. The van der Waals surface area contributed by atoms with Crippen molar-refractivity contribution in [3.63, 3.8) is 0 Å². The second kappa shape index (κ2) is 7.92. The van der Waals surface area contributed by atoms with Crippen LogP contribution in [-0.4, -0.2) is 26.8 Å². The fourth-order valence-corrected chi connectivity index (χ4v) is 3.37. The predicted octanol–water partition coefficient (Wildman–Crippen LogP) is 4.56. The van der Waals surface area contributed by atoms with Crippen LogP contribution in [0.1, 0.15) is 43.8 Å². The van der Waals surface area contributed by atoms with Crippen molar-refractivity contribution in [3.8, 4) is 11.3 Å². The summed E-state index contributed by atoms with van der Waals surface area (Å²) in [5.74, 6) is 0.871. The maximum absolute atomic E-state index is 13.1. The molecule has 0 saturated heterocycles. The number of aryl methyl sites for hydroxylation is 1. The molecule has 1 atom stereocenters. The Kier molecular flexibility index (Phi) is 5.19. The van der Waals surface area contributed by atoms with E-state index in [-0.39, 0.29) is 17.8 Å². The zero-order chi connectivity index (χ0) is 19.5. The number of carbonyl (C=O) groups excluding carboxylic acids is 1. The van der Waals surface area contributed by atoms with E-state index in [1.165, 1.54) is 12.1 Å². The maximum Gasteiger partial charge on any atom is 0.223 e. The minimum Gasteiger partial charge on any atom is -0.441 e. The van der Waals surface area contributed by atoms with Gasteiger partial charge in [0.2, 0.25) is 5.91 Å². The molecule has 6 heteroatoms. The Hall–Kier alpha value is -3.02. The summed E-state index contributed by atoms with van der Waals surface area (Å²) < 4.78 is 18.8. The molecule has 4 rings (SSSR count). The van der Waals surface area contributed by atoms with Crippen LogP contribution in [0.4, 0.5) is 4.39 Å². The van der Waals surface area contributed by atoms with Crippen LogP contribution in [0.3, 0.4) is 0 Å². The molecule has 1 saturated carbocycles. The molecule has 1 aliphatic carbocycles. The molecule has 1 unspecified atom stereocenters. The van der Waals surface area contributed by atoms with E-state index in [4.69, 9.17) is 4.42 Å². The van der Waals surface area contributed by atoms with Gasteiger partial charge in [-0.05, 0) is 56.2 Å². The van der Waals surface area contributed by atoms with Gasteiger partial charge in [-0.15, -0.1) is 0 Å². The highest BCUT2D eigenvalue weighted by molar-refractivity contribution is 5.77. The summed E-state index contributed by atoms with van der Waals surface area (Å²) in [4.78, 5) is 23.5. The molecule has 0 radical (unpaired) electrons. The molecule has 1 fully saturated rings. The van der Waals surface area contributed by atoms with Crippen molar-refractivity contribution in [2.45, 2.75) is 44.7 Å². The summed E-state index contributed by atoms with van der Waals surface area (Å²) in [5.41, 5.74) is 1.66. The van der Waals surface area contributed by atoms with Gasteiger partial charge in [0.25, 0.3) is 0 Å². The SMILES string of the molecule is CC(c1ccccn1)N(C(=O)CCc1ncc(-c2ccc(F)cc2)o1)C1CC1. The van der Waals surface area contributed by atoms with Gasteiger partial charge < -0.3 is 9.32 Å². The van der Waals surface area contributed by atoms with Gasteiger partial charge in [0.1, 0.15) is 5.82 Å². The number of nitrogens with zero attached hydrogens (tertiary/aromatic N) is 3. The summed E-state index contributed by atoms with van der Waals surface area (Å²) >= 11 is 0. The lowest BCUT2D eigenvalue weighted by Crippen LogP contribution is -2.36. The number of carbonyl (C=O) groups is 1. The minimum atomic E-state index is -0.295. The molecule has 0 N–H and O–H groups in total. The third-order valence-electron chi connectivity index (χ3n) is 5.00. The first-order valence-corrected chi connectivity index (χ1v) is 9.54. The Bertz CT molecular complexity index is 936. The van der Waals surface area contributed by atoms with Gasteiger partial charge in [-0.3, -0.25) is 9.78 Å². The lowest BCUT2D eigenvalue weighted by Gasteiger charge is -2.29. The van der Waals surface area contributed by atoms with Crippen LogP contribution in [0.2, 0.25) is 0 Å². The van der Waals surface area contributed by atoms with Gasteiger partial charge in [0.15, 0.2) is 11.7 Å². The number of rotatable bonds is 7. The van der Waals surface area contributed by atoms with Crippen molar-refractivity contribution >= 4 is 5.91 Å². The Balaban J connectivity index is 1.41. The fraction of sp³-hybridized carbons (Fsp3) is 0.318. The van der Waals surface area contributed by atoms with E-state index in [0.29, 0.717) is 30.5 Å². The standard InChI is InChI=1S/C22H22FN3O2/c1-15(19-4-2-3-13-24-19)26(18-9-10-18)22(27)12-11-21-25-14-20(28-21)16-5-7-17(23)8-6-16/h2-8,13-15,18H,9-12H2,1H3. The predicted molar refractivity (Wildman–Crippen MR) is 103 cm³/mol. The lowest BCUT2D eigenvalue weighted by atomic mass is 10.1. The number of aromatic nitrogens is 2. The second-order valence-electron chi connectivity index (χ2n) is 7.09. The molecule has 1 aliphatic rings. The molecule has 1 amide bonds. The third-order valence-corrected chi connectivity index (χ3v) is 5.00. The largest absolute Gasteiger partial charge is 0.441 e. The molecule has 0 spiro atoms. The second-order valence-corrected chi connectivity index (χ2v) is 7.09. The Labute approximate surface area is 163 Å². The Morgan fingerprint density at radius 2 is 2.00 bits per heavy atom. The summed E-state index contributed by atoms with van der Waals surface area (Å²) in [6, 6.07) is 12.1. The van der Waals surface area contributed by atoms with Crippen molar-refractivity contribution in [1.29, 1.82) is 0 Å². The van der Waals surface area contributed by atoms with E-state index in [2.05, 4.69) is 9.97 Å². The molecule has 144 valence electrons. The highest BCUT2D eigenvalue weighted by atomic mass is 19.1. The monoisotopic (exact) mass is 379 g/mol. The van der Waals surface area contributed by atoms with Gasteiger partial charge in [0.05, 0.1) is 17.9 Å². The van der Waals surface area contributed by atoms with Crippen LogP contribution >= 0.6 is 0 Å². The maximum atomic E-state index is 13.1. The van der Waals surface area contributed by atoms with Gasteiger partial charge >= 0.3 is 0 Å². The number of hydrogen-bond acceptors (Lipinski definition) is 4. The molecular formula is C22H22FN3O2. The quantitative estimate of drug-likeness (QED) is 0.604. The molecule has 2 aromatic heterocycles. The lowest BCUT2D eigenvalue weighted by molar-refractivity contribution is -0.134. The summed E-state index contributed by atoms with van der Waals surface area (Å²) in [7, 11) is 0. The van der Waals surface area contributed by atoms with Gasteiger partial charge in [-0.1, -0.05) is 6.07 Å². The van der Waals surface area contributed by atoms with Crippen molar-refractivity contribution in [1.82, 2.24) is 14.9 Å². The first kappa shape index (κ1) is 18.3. The van der Waals surface area contributed by atoms with E-state index >= 15 is 0 Å². The Morgan fingerprint density at radius 3 is 2.68 bits per heavy atom. The summed E-state index contributed by atoms with van der Waals surface area (Å²) in [5, 5.41) is 0. The molecule has 28 heavy (non-hydrogen) atoms. The van der Waals surface area contributed by atoms with Crippen molar-refractivity contribution in [2.75, 3.05) is 0 Å². The van der Waals surface area contributed by atoms with Crippen LogP contribution in [-0.2, 0) is 11.2 Å². The first-order valence-electron chi connectivity index (χ1n) is 9.54. The van der Waals surface area contributed by atoms with Gasteiger partial charge in [-0.2, -0.15) is 0 Å². The number of benzene rings is 1. The molecule has 0 aliphatic heterocycles. The molecule has 0 bridgehead atoms. The number of amides is 1. The molecule has 5 nitrogen and oxygen atoms in total. The smallest absolute Gasteiger partial charge is 0.223 e. The first-order chi connectivity index (χ1) is 13.6. The van der Waals surface area contributed by atoms with E-state index in [0.717, 1.165) is 24.1 Å². The van der Waals surface area contributed by atoms with Crippen LogP contribution in [0.15, 0.2) is 59.3 Å². The number of pyridine rings is 1. The van der Waals surface area contributed by atoms with Crippen LogP contribution < -0.4 is 0 Å². The van der Waals surface area contributed by atoms with Crippen LogP contribution in [0, 0.1) is 5.82 Å².